The zero-order valence-corrected chi connectivity index (χ0v) is 12.7. The van der Waals surface area contributed by atoms with Gasteiger partial charge in [-0.3, -0.25) is 4.79 Å². The summed E-state index contributed by atoms with van der Waals surface area (Å²) >= 11 is 0. The zero-order valence-electron chi connectivity index (χ0n) is 12.7. The van der Waals surface area contributed by atoms with E-state index in [0.717, 1.165) is 25.0 Å². The van der Waals surface area contributed by atoms with Crippen LogP contribution in [-0.4, -0.2) is 28.9 Å². The lowest BCUT2D eigenvalue weighted by molar-refractivity contribution is 0.0672. The van der Waals surface area contributed by atoms with Crippen molar-refractivity contribution in [3.05, 3.63) is 23.4 Å². The summed E-state index contributed by atoms with van der Waals surface area (Å²) < 4.78 is 0. The molecule has 1 heterocycles. The summed E-state index contributed by atoms with van der Waals surface area (Å²) in [4.78, 5) is 18.7. The van der Waals surface area contributed by atoms with E-state index in [1.54, 1.807) is 6.07 Å². The van der Waals surface area contributed by atoms with Gasteiger partial charge in [-0.1, -0.05) is 26.7 Å². The lowest BCUT2D eigenvalue weighted by Crippen LogP contribution is -2.39. The van der Waals surface area contributed by atoms with Gasteiger partial charge in [0.15, 0.2) is 0 Å². The van der Waals surface area contributed by atoms with Crippen LogP contribution in [0.4, 0.5) is 5.82 Å². The Morgan fingerprint density at radius 3 is 2.85 bits per heavy atom. The summed E-state index contributed by atoms with van der Waals surface area (Å²) in [6.45, 7) is 4.28. The third-order valence-electron chi connectivity index (χ3n) is 4.28. The molecule has 2 rings (SSSR count). The molecule has 0 radical (unpaired) electrons. The third kappa shape index (κ3) is 3.30. The number of nitrogen functional groups attached to an aromatic ring is 1. The number of rotatable bonds is 3. The van der Waals surface area contributed by atoms with E-state index in [4.69, 9.17) is 5.73 Å². The van der Waals surface area contributed by atoms with Crippen molar-refractivity contribution in [1.82, 2.24) is 9.88 Å². The number of hydrogen-bond acceptors (Lipinski definition) is 3. The maximum absolute atomic E-state index is 12.6. The van der Waals surface area contributed by atoms with Crippen LogP contribution in [0.3, 0.4) is 0 Å². The first-order valence-electron chi connectivity index (χ1n) is 7.54. The van der Waals surface area contributed by atoms with Crippen molar-refractivity contribution in [2.24, 2.45) is 5.92 Å². The smallest absolute Gasteiger partial charge is 0.254 e. The fourth-order valence-corrected chi connectivity index (χ4v) is 3.04. The van der Waals surface area contributed by atoms with Crippen LogP contribution in [0.15, 0.2) is 12.1 Å². The van der Waals surface area contributed by atoms with Crippen LogP contribution in [0.2, 0.25) is 0 Å². The number of pyridine rings is 1. The van der Waals surface area contributed by atoms with Gasteiger partial charge >= 0.3 is 0 Å². The predicted octanol–water partition coefficient (Wildman–Crippen LogP) is 2.88. The average Bonchev–Trinajstić information content (AvgIpc) is 2.45. The minimum absolute atomic E-state index is 0.0629. The highest BCUT2D eigenvalue weighted by Gasteiger charge is 2.26. The quantitative estimate of drug-likeness (QED) is 0.922. The zero-order chi connectivity index (χ0) is 14.7. The van der Waals surface area contributed by atoms with E-state index >= 15 is 0 Å². The first-order chi connectivity index (χ1) is 9.51. The van der Waals surface area contributed by atoms with E-state index in [2.05, 4.69) is 11.9 Å². The van der Waals surface area contributed by atoms with Gasteiger partial charge in [0.05, 0.1) is 0 Å². The lowest BCUT2D eigenvalue weighted by Gasteiger charge is -2.34. The fraction of sp³-hybridized carbons (Fsp3) is 0.625. The second-order valence-corrected chi connectivity index (χ2v) is 5.97. The van der Waals surface area contributed by atoms with Crippen molar-refractivity contribution in [3.63, 3.8) is 0 Å². The molecule has 2 N–H and O–H groups in total. The largest absolute Gasteiger partial charge is 0.384 e. The molecule has 1 aliphatic carbocycles. The molecule has 0 bridgehead atoms. The molecule has 20 heavy (non-hydrogen) atoms. The lowest BCUT2D eigenvalue weighted by atomic mass is 9.86. The van der Waals surface area contributed by atoms with Crippen LogP contribution >= 0.6 is 0 Å². The molecule has 4 nitrogen and oxygen atoms in total. The van der Waals surface area contributed by atoms with E-state index in [1.807, 2.05) is 24.9 Å². The minimum atomic E-state index is 0.0629. The maximum atomic E-state index is 12.6. The summed E-state index contributed by atoms with van der Waals surface area (Å²) in [6.07, 6.45) is 5.48. The summed E-state index contributed by atoms with van der Waals surface area (Å²) in [7, 11) is 1.91. The normalized spacial score (nSPS) is 22.6. The fourth-order valence-electron chi connectivity index (χ4n) is 3.04. The van der Waals surface area contributed by atoms with E-state index in [-0.39, 0.29) is 5.91 Å². The number of nitrogens with two attached hydrogens (primary N) is 1. The number of carbonyl (C=O) groups excluding carboxylic acids is 1. The standard InChI is InChI=1S/C16H25N3O/c1-4-13-9-12(10-15(17)18-13)16(20)19(3)14-7-5-6-11(2)8-14/h9-11,14H,4-8H2,1-3H3,(H2,17,18). The first kappa shape index (κ1) is 14.8. The third-order valence-corrected chi connectivity index (χ3v) is 4.28. The molecule has 0 aromatic carbocycles. The molecule has 110 valence electrons. The molecule has 2 unspecified atom stereocenters. The Hall–Kier alpha value is -1.58. The monoisotopic (exact) mass is 275 g/mol. The Morgan fingerprint density at radius 2 is 2.20 bits per heavy atom. The van der Waals surface area contributed by atoms with E-state index < -0.39 is 0 Å². The van der Waals surface area contributed by atoms with E-state index in [0.29, 0.717) is 23.3 Å². The van der Waals surface area contributed by atoms with Gasteiger partial charge in [0, 0.05) is 24.3 Å². The Labute approximate surface area is 121 Å². The van der Waals surface area contributed by atoms with Crippen LogP contribution in [0.1, 0.15) is 55.6 Å². The van der Waals surface area contributed by atoms with Crippen molar-refractivity contribution in [2.45, 2.75) is 52.0 Å². The molecule has 1 saturated carbocycles. The van der Waals surface area contributed by atoms with Gasteiger partial charge in [0.25, 0.3) is 5.91 Å². The van der Waals surface area contributed by atoms with Crippen molar-refractivity contribution in [2.75, 3.05) is 12.8 Å². The van der Waals surface area contributed by atoms with Crippen molar-refractivity contribution < 1.29 is 4.79 Å². The topological polar surface area (TPSA) is 59.2 Å². The maximum Gasteiger partial charge on any atom is 0.254 e. The minimum Gasteiger partial charge on any atom is -0.384 e. The molecule has 0 spiro atoms. The highest BCUT2D eigenvalue weighted by molar-refractivity contribution is 5.95. The van der Waals surface area contributed by atoms with Gasteiger partial charge in [0.2, 0.25) is 0 Å². The van der Waals surface area contributed by atoms with E-state index in [9.17, 15) is 4.79 Å². The summed E-state index contributed by atoms with van der Waals surface area (Å²) in [6, 6.07) is 3.90. The summed E-state index contributed by atoms with van der Waals surface area (Å²) in [5.41, 5.74) is 7.33. The number of aryl methyl sites for hydroxylation is 1. The van der Waals surface area contributed by atoms with Gasteiger partial charge < -0.3 is 10.6 Å². The molecular formula is C16H25N3O. The SMILES string of the molecule is CCc1cc(C(=O)N(C)C2CCCC(C)C2)cc(N)n1. The van der Waals surface area contributed by atoms with Crippen molar-refractivity contribution in [1.29, 1.82) is 0 Å². The highest BCUT2D eigenvalue weighted by atomic mass is 16.2. The summed E-state index contributed by atoms with van der Waals surface area (Å²) in [5.74, 6) is 1.20. The second kappa shape index (κ2) is 6.25. The Kier molecular flexibility index (Phi) is 4.63. The molecule has 2 atom stereocenters. The molecule has 1 aromatic rings. The van der Waals surface area contributed by atoms with Gasteiger partial charge in [-0.05, 0) is 37.3 Å². The van der Waals surface area contributed by atoms with Crippen LogP contribution < -0.4 is 5.73 Å². The molecule has 1 fully saturated rings. The number of nitrogens with zero attached hydrogens (tertiary/aromatic N) is 2. The van der Waals surface area contributed by atoms with Crippen LogP contribution in [0, 0.1) is 5.92 Å². The molecule has 0 aliphatic heterocycles. The number of aromatic nitrogens is 1. The van der Waals surface area contributed by atoms with Crippen LogP contribution in [0.25, 0.3) is 0 Å². The highest BCUT2D eigenvalue weighted by Crippen LogP contribution is 2.27. The average molecular weight is 275 g/mol. The number of amides is 1. The Morgan fingerprint density at radius 1 is 1.45 bits per heavy atom. The summed E-state index contributed by atoms with van der Waals surface area (Å²) in [5, 5.41) is 0. The first-order valence-corrected chi connectivity index (χ1v) is 7.54. The Bertz CT molecular complexity index is 487. The molecule has 1 amide bonds. The molecule has 1 aromatic heterocycles. The van der Waals surface area contributed by atoms with Gasteiger partial charge in [-0.2, -0.15) is 0 Å². The molecule has 4 heteroatoms. The number of hydrogen-bond donors (Lipinski definition) is 1. The van der Waals surface area contributed by atoms with Gasteiger partial charge in [0.1, 0.15) is 5.82 Å². The van der Waals surface area contributed by atoms with Crippen molar-refractivity contribution in [3.8, 4) is 0 Å². The number of anilines is 1. The van der Waals surface area contributed by atoms with Gasteiger partial charge in [-0.15, -0.1) is 0 Å². The van der Waals surface area contributed by atoms with Crippen LogP contribution in [0.5, 0.6) is 0 Å². The van der Waals surface area contributed by atoms with Gasteiger partial charge in [-0.25, -0.2) is 4.98 Å². The molecule has 1 aliphatic rings. The second-order valence-electron chi connectivity index (χ2n) is 5.97. The van der Waals surface area contributed by atoms with E-state index in [1.165, 1.54) is 12.8 Å². The Balaban J connectivity index is 2.15. The van der Waals surface area contributed by atoms with Crippen molar-refractivity contribution >= 4 is 11.7 Å². The number of carbonyl (C=O) groups is 1. The molecule has 0 saturated heterocycles. The predicted molar refractivity (Wildman–Crippen MR) is 81.5 cm³/mol. The van der Waals surface area contributed by atoms with Crippen LogP contribution in [-0.2, 0) is 6.42 Å². The molecular weight excluding hydrogens is 250 g/mol.